The zero-order chi connectivity index (χ0) is 32.2. The molecule has 3 unspecified atom stereocenters. The average molecular weight is 613 g/mol. The van der Waals surface area contributed by atoms with Crippen molar-refractivity contribution in [3.8, 4) is 0 Å². The SMILES string of the molecule is CCCCCCCCCCCCCC(CCO)N(C(CCO)CCCCCCCCCCCCC)C(C(=O)[O-])[N+](C)(C)C. The molecule has 43 heavy (non-hydrogen) atoms. The zero-order valence-corrected chi connectivity index (χ0v) is 29.6. The number of carbonyl (C=O) groups excluding carboxylic acids is 1. The first kappa shape index (κ1) is 42.3. The van der Waals surface area contributed by atoms with E-state index in [0.717, 1.165) is 38.5 Å². The molecule has 0 bridgehead atoms. The fraction of sp³-hybridized carbons (Fsp3) is 0.973. The Morgan fingerprint density at radius 2 is 0.814 bits per heavy atom. The van der Waals surface area contributed by atoms with Gasteiger partial charge in [0.15, 0.2) is 6.17 Å². The fourth-order valence-electron chi connectivity index (χ4n) is 6.81. The van der Waals surface area contributed by atoms with Gasteiger partial charge >= 0.3 is 0 Å². The first-order chi connectivity index (χ1) is 20.7. The third-order valence-corrected chi connectivity index (χ3v) is 9.28. The molecule has 0 aromatic heterocycles. The molecule has 3 atom stereocenters. The Kier molecular flexibility index (Phi) is 28.3. The van der Waals surface area contributed by atoms with Gasteiger partial charge in [0.1, 0.15) is 5.97 Å². The summed E-state index contributed by atoms with van der Waals surface area (Å²) in [5, 5.41) is 32.7. The van der Waals surface area contributed by atoms with Crippen LogP contribution in [0.2, 0.25) is 0 Å². The number of hydrogen-bond acceptors (Lipinski definition) is 5. The molecule has 0 radical (unpaired) electrons. The van der Waals surface area contributed by atoms with Crippen LogP contribution in [0.4, 0.5) is 0 Å². The number of carboxylic acids is 1. The molecule has 0 aliphatic carbocycles. The standard InChI is InChI=1S/C37H76N2O4/c1-6-8-10-12-14-16-18-20-22-24-26-28-34(30-32-40)38(36(37(42)43)39(3,4)5)35(31-33-41)29-27-25-23-21-19-17-15-13-11-9-7-2/h34-36,40-41H,6-33H2,1-5H3. The minimum absolute atomic E-state index is 0.0342. The maximum atomic E-state index is 12.6. The van der Waals surface area contributed by atoms with E-state index in [9.17, 15) is 20.1 Å². The summed E-state index contributed by atoms with van der Waals surface area (Å²) in [6.45, 7) is 4.61. The first-order valence-corrected chi connectivity index (χ1v) is 18.8. The summed E-state index contributed by atoms with van der Waals surface area (Å²) in [4.78, 5) is 14.8. The molecule has 0 fully saturated rings. The van der Waals surface area contributed by atoms with Crippen molar-refractivity contribution in [2.75, 3.05) is 34.4 Å². The van der Waals surface area contributed by atoms with Crippen LogP contribution in [0.3, 0.4) is 0 Å². The van der Waals surface area contributed by atoms with Gasteiger partial charge in [0.2, 0.25) is 0 Å². The molecule has 0 saturated carbocycles. The summed E-state index contributed by atoms with van der Waals surface area (Å²) in [7, 11) is 5.76. The monoisotopic (exact) mass is 613 g/mol. The number of likely N-dealkylation sites (N-methyl/N-ethyl adjacent to an activating group) is 1. The van der Waals surface area contributed by atoms with E-state index < -0.39 is 12.1 Å². The number of quaternary nitrogens is 1. The van der Waals surface area contributed by atoms with Crippen LogP contribution in [-0.4, -0.2) is 78.2 Å². The molecular weight excluding hydrogens is 536 g/mol. The molecule has 6 heteroatoms. The summed E-state index contributed by atoms with van der Waals surface area (Å²) in [5.74, 6) is -1.06. The number of nitrogens with zero attached hydrogens (tertiary/aromatic N) is 2. The Labute approximate surface area is 268 Å². The van der Waals surface area contributed by atoms with Crippen molar-refractivity contribution in [1.29, 1.82) is 0 Å². The van der Waals surface area contributed by atoms with Gasteiger partial charge in [0, 0.05) is 25.3 Å². The summed E-state index contributed by atoms with van der Waals surface area (Å²) < 4.78 is 0.239. The van der Waals surface area contributed by atoms with E-state index in [1.54, 1.807) is 0 Å². The number of unbranched alkanes of at least 4 members (excludes halogenated alkanes) is 20. The van der Waals surface area contributed by atoms with Crippen LogP contribution in [0.1, 0.15) is 181 Å². The maximum absolute atomic E-state index is 12.6. The predicted octanol–water partition coefficient (Wildman–Crippen LogP) is 7.97. The largest absolute Gasteiger partial charge is 0.543 e. The second-order valence-corrected chi connectivity index (χ2v) is 14.2. The minimum Gasteiger partial charge on any atom is -0.543 e. The molecule has 258 valence electrons. The highest BCUT2D eigenvalue weighted by atomic mass is 16.4. The molecule has 0 spiro atoms. The third kappa shape index (κ3) is 22.5. The van der Waals surface area contributed by atoms with Crippen molar-refractivity contribution in [1.82, 2.24) is 4.90 Å². The smallest absolute Gasteiger partial charge is 0.186 e. The van der Waals surface area contributed by atoms with Gasteiger partial charge in [0.05, 0.1) is 21.1 Å². The molecule has 0 amide bonds. The lowest BCUT2D eigenvalue weighted by molar-refractivity contribution is -0.902. The van der Waals surface area contributed by atoms with Crippen LogP contribution in [0.15, 0.2) is 0 Å². The molecule has 0 saturated heterocycles. The summed E-state index contributed by atoms with van der Waals surface area (Å²) in [6.07, 6.45) is 30.2. The van der Waals surface area contributed by atoms with Crippen LogP contribution in [0.25, 0.3) is 0 Å². The van der Waals surface area contributed by atoms with E-state index in [1.165, 1.54) is 116 Å². The number of hydrogen-bond donors (Lipinski definition) is 2. The Morgan fingerprint density at radius 3 is 1.05 bits per heavy atom. The van der Waals surface area contributed by atoms with Crippen molar-refractivity contribution in [3.05, 3.63) is 0 Å². The van der Waals surface area contributed by atoms with Gasteiger partial charge in [-0.15, -0.1) is 0 Å². The maximum Gasteiger partial charge on any atom is 0.186 e. The Balaban J connectivity index is 5.04. The van der Waals surface area contributed by atoms with Crippen molar-refractivity contribution in [2.24, 2.45) is 0 Å². The minimum atomic E-state index is -1.06. The third-order valence-electron chi connectivity index (χ3n) is 9.28. The number of rotatable bonds is 33. The van der Waals surface area contributed by atoms with Gasteiger partial charge in [-0.25, -0.2) is 4.90 Å². The first-order valence-electron chi connectivity index (χ1n) is 18.8. The van der Waals surface area contributed by atoms with Crippen molar-refractivity contribution >= 4 is 5.97 Å². The summed E-state index contributed by atoms with van der Waals surface area (Å²) in [6, 6.07) is -0.0684. The van der Waals surface area contributed by atoms with Gasteiger partial charge in [-0.05, 0) is 25.7 Å². The van der Waals surface area contributed by atoms with Gasteiger partial charge < -0.3 is 24.6 Å². The highest BCUT2D eigenvalue weighted by Crippen LogP contribution is 2.28. The molecule has 0 rings (SSSR count). The molecule has 0 aliphatic rings. The topological polar surface area (TPSA) is 83.8 Å². The quantitative estimate of drug-likeness (QED) is 0.0446. The van der Waals surface area contributed by atoms with E-state index in [2.05, 4.69) is 18.7 Å². The number of carboxylic acid groups (broad SMARTS) is 1. The lowest BCUT2D eigenvalue weighted by Crippen LogP contribution is -2.67. The van der Waals surface area contributed by atoms with E-state index in [0.29, 0.717) is 12.8 Å². The van der Waals surface area contributed by atoms with E-state index in [-0.39, 0.29) is 29.8 Å². The predicted molar refractivity (Wildman–Crippen MR) is 182 cm³/mol. The zero-order valence-electron chi connectivity index (χ0n) is 29.6. The van der Waals surface area contributed by atoms with Crippen molar-refractivity contribution in [2.45, 2.75) is 199 Å². The number of carbonyl (C=O) groups is 1. The summed E-state index contributed by atoms with van der Waals surface area (Å²) >= 11 is 0. The van der Waals surface area contributed by atoms with Crippen LogP contribution in [0.5, 0.6) is 0 Å². The summed E-state index contributed by atoms with van der Waals surface area (Å²) in [5.41, 5.74) is 0. The normalized spacial score (nSPS) is 14.3. The number of aliphatic hydroxyl groups is 2. The second kappa shape index (κ2) is 28.8. The number of aliphatic carboxylic acids is 1. The lowest BCUT2D eigenvalue weighted by Gasteiger charge is -2.48. The van der Waals surface area contributed by atoms with Gasteiger partial charge in [-0.2, -0.15) is 0 Å². The highest BCUT2D eigenvalue weighted by molar-refractivity contribution is 5.69. The Morgan fingerprint density at radius 1 is 0.535 bits per heavy atom. The van der Waals surface area contributed by atoms with Gasteiger partial charge in [-0.1, -0.05) is 155 Å². The van der Waals surface area contributed by atoms with Crippen LogP contribution < -0.4 is 5.11 Å². The molecule has 2 N–H and O–H groups in total. The second-order valence-electron chi connectivity index (χ2n) is 14.2. The fourth-order valence-corrected chi connectivity index (χ4v) is 6.81. The number of aliphatic hydroxyl groups excluding tert-OH is 2. The van der Waals surface area contributed by atoms with E-state index in [1.807, 2.05) is 21.1 Å². The molecule has 0 aliphatic heterocycles. The van der Waals surface area contributed by atoms with Crippen molar-refractivity contribution < 1.29 is 24.6 Å². The highest BCUT2D eigenvalue weighted by Gasteiger charge is 2.40. The Bertz CT molecular complexity index is 574. The molecule has 0 heterocycles. The molecule has 0 aromatic rings. The molecule has 0 aromatic carbocycles. The Hall–Kier alpha value is -0.690. The van der Waals surface area contributed by atoms with E-state index in [4.69, 9.17) is 0 Å². The van der Waals surface area contributed by atoms with Crippen LogP contribution in [-0.2, 0) is 4.79 Å². The van der Waals surface area contributed by atoms with Gasteiger partial charge in [0.25, 0.3) is 0 Å². The lowest BCUT2D eigenvalue weighted by atomic mass is 9.95. The molecule has 6 nitrogen and oxygen atoms in total. The van der Waals surface area contributed by atoms with Crippen LogP contribution in [0, 0.1) is 0 Å². The van der Waals surface area contributed by atoms with Crippen LogP contribution >= 0.6 is 0 Å². The van der Waals surface area contributed by atoms with Crippen molar-refractivity contribution in [3.63, 3.8) is 0 Å². The van der Waals surface area contributed by atoms with E-state index >= 15 is 0 Å². The molecular formula is C37H76N2O4. The average Bonchev–Trinajstić information content (AvgIpc) is 2.95. The van der Waals surface area contributed by atoms with Gasteiger partial charge in [-0.3, -0.25) is 0 Å².